The first-order valence-electron chi connectivity index (χ1n) is 8.24. The molecule has 1 amide bonds. The van der Waals surface area contributed by atoms with E-state index in [1.54, 1.807) is 24.4 Å². The molecule has 1 heterocycles. The predicted octanol–water partition coefficient (Wildman–Crippen LogP) is 3.68. The number of aromatic nitrogens is 1. The second kappa shape index (κ2) is 7.97. The first-order chi connectivity index (χ1) is 12.5. The standard InChI is InChI=1S/C19H20N4O2S/c1-12(2)11-25-16-6-4-3-5-14(16)10-21-23-18(24)13-7-8-15-17(9-13)26-19(20)22-15/h3-10,12H,11H2,1-2H3,(H2,20,22)(H,23,24)/b21-10-. The Hall–Kier alpha value is -2.93. The van der Waals surface area contributed by atoms with Crippen LogP contribution in [-0.2, 0) is 0 Å². The molecule has 0 radical (unpaired) electrons. The highest BCUT2D eigenvalue weighted by Gasteiger charge is 2.08. The largest absolute Gasteiger partial charge is 0.493 e. The normalized spacial score (nSPS) is 11.3. The van der Waals surface area contributed by atoms with Crippen LogP contribution in [0.2, 0.25) is 0 Å². The van der Waals surface area contributed by atoms with E-state index in [9.17, 15) is 4.79 Å². The molecule has 0 aliphatic rings. The SMILES string of the molecule is CC(C)COc1ccccc1/C=N\NC(=O)c1ccc2nc(N)sc2c1. The van der Waals surface area contributed by atoms with Gasteiger partial charge >= 0.3 is 0 Å². The zero-order chi connectivity index (χ0) is 18.5. The number of amides is 1. The average Bonchev–Trinajstić information content (AvgIpc) is 2.99. The highest BCUT2D eigenvalue weighted by molar-refractivity contribution is 7.22. The van der Waals surface area contributed by atoms with Crippen molar-refractivity contribution >= 4 is 38.8 Å². The number of hydrazone groups is 1. The summed E-state index contributed by atoms with van der Waals surface area (Å²) < 4.78 is 6.64. The lowest BCUT2D eigenvalue weighted by molar-refractivity contribution is 0.0955. The first-order valence-corrected chi connectivity index (χ1v) is 9.06. The van der Waals surface area contributed by atoms with Crippen LogP contribution in [0.15, 0.2) is 47.6 Å². The van der Waals surface area contributed by atoms with Gasteiger partial charge < -0.3 is 10.5 Å². The van der Waals surface area contributed by atoms with E-state index < -0.39 is 0 Å². The zero-order valence-electron chi connectivity index (χ0n) is 14.6. The van der Waals surface area contributed by atoms with Crippen molar-refractivity contribution in [1.82, 2.24) is 10.4 Å². The Labute approximate surface area is 155 Å². The van der Waals surface area contributed by atoms with E-state index in [1.807, 2.05) is 24.3 Å². The lowest BCUT2D eigenvalue weighted by Crippen LogP contribution is -2.17. The number of fused-ring (bicyclic) bond motifs is 1. The van der Waals surface area contributed by atoms with E-state index in [4.69, 9.17) is 10.5 Å². The van der Waals surface area contributed by atoms with Crippen LogP contribution in [0, 0.1) is 5.92 Å². The summed E-state index contributed by atoms with van der Waals surface area (Å²) in [6, 6.07) is 12.8. The number of nitrogens with one attached hydrogen (secondary N) is 1. The van der Waals surface area contributed by atoms with Crippen LogP contribution >= 0.6 is 11.3 Å². The van der Waals surface area contributed by atoms with Gasteiger partial charge in [-0.2, -0.15) is 5.10 Å². The van der Waals surface area contributed by atoms with Crippen molar-refractivity contribution in [3.8, 4) is 5.75 Å². The first kappa shape index (κ1) is 17.9. The number of nitrogens with zero attached hydrogens (tertiary/aromatic N) is 2. The Balaban J connectivity index is 1.68. The van der Waals surface area contributed by atoms with E-state index in [1.165, 1.54) is 11.3 Å². The Morgan fingerprint density at radius 1 is 1.35 bits per heavy atom. The van der Waals surface area contributed by atoms with E-state index in [-0.39, 0.29) is 5.91 Å². The maximum Gasteiger partial charge on any atom is 0.271 e. The third-order valence-electron chi connectivity index (χ3n) is 3.53. The van der Waals surface area contributed by atoms with Gasteiger partial charge in [-0.3, -0.25) is 4.79 Å². The van der Waals surface area contributed by atoms with Gasteiger partial charge in [-0.1, -0.05) is 37.3 Å². The van der Waals surface area contributed by atoms with Crippen LogP contribution < -0.4 is 15.9 Å². The van der Waals surface area contributed by atoms with Gasteiger partial charge in [-0.15, -0.1) is 0 Å². The van der Waals surface area contributed by atoms with Crippen LogP contribution in [-0.4, -0.2) is 23.7 Å². The van der Waals surface area contributed by atoms with Crippen LogP contribution in [0.1, 0.15) is 29.8 Å². The van der Waals surface area contributed by atoms with E-state index in [0.717, 1.165) is 21.5 Å². The smallest absolute Gasteiger partial charge is 0.271 e. The van der Waals surface area contributed by atoms with Gasteiger partial charge in [0.15, 0.2) is 5.13 Å². The molecule has 0 aliphatic carbocycles. The van der Waals surface area contributed by atoms with Crippen LogP contribution in [0.4, 0.5) is 5.13 Å². The van der Waals surface area contributed by atoms with Gasteiger partial charge in [0, 0.05) is 11.1 Å². The fourth-order valence-corrected chi connectivity index (χ4v) is 3.06. The minimum absolute atomic E-state index is 0.296. The highest BCUT2D eigenvalue weighted by Crippen LogP contribution is 2.24. The third-order valence-corrected chi connectivity index (χ3v) is 4.38. The number of hydrogen-bond acceptors (Lipinski definition) is 6. The molecule has 26 heavy (non-hydrogen) atoms. The monoisotopic (exact) mass is 368 g/mol. The Kier molecular flexibility index (Phi) is 5.48. The molecule has 0 saturated heterocycles. The number of hydrogen-bond donors (Lipinski definition) is 2. The summed E-state index contributed by atoms with van der Waals surface area (Å²) in [5, 5.41) is 4.53. The number of nitrogens with two attached hydrogens (primary N) is 1. The number of nitrogen functional groups attached to an aromatic ring is 1. The fourth-order valence-electron chi connectivity index (χ4n) is 2.28. The summed E-state index contributed by atoms with van der Waals surface area (Å²) in [5.74, 6) is 0.867. The number of rotatable bonds is 6. The number of ether oxygens (including phenoxy) is 1. The molecule has 0 fully saturated rings. The summed E-state index contributed by atoms with van der Waals surface area (Å²) in [7, 11) is 0. The number of anilines is 1. The van der Waals surface area contributed by atoms with Crippen LogP contribution in [0.3, 0.4) is 0 Å². The Bertz CT molecular complexity index is 950. The van der Waals surface area contributed by atoms with Gasteiger partial charge in [0.1, 0.15) is 5.75 Å². The molecule has 0 bridgehead atoms. The van der Waals surface area contributed by atoms with Gasteiger partial charge in [0.05, 0.1) is 23.0 Å². The summed E-state index contributed by atoms with van der Waals surface area (Å²) in [5.41, 5.74) is 10.3. The van der Waals surface area contributed by atoms with Crippen LogP contribution in [0.25, 0.3) is 10.2 Å². The molecule has 3 aromatic rings. The maximum absolute atomic E-state index is 12.3. The van der Waals surface area contributed by atoms with Crippen molar-refractivity contribution in [2.45, 2.75) is 13.8 Å². The number of para-hydroxylation sites is 1. The van der Waals surface area contributed by atoms with Crippen LogP contribution in [0.5, 0.6) is 5.75 Å². The molecule has 1 aromatic heterocycles. The Morgan fingerprint density at radius 3 is 2.96 bits per heavy atom. The third kappa shape index (κ3) is 4.37. The molecule has 0 saturated carbocycles. The topological polar surface area (TPSA) is 89.6 Å². The van der Waals surface area contributed by atoms with Gasteiger partial charge in [-0.05, 0) is 36.2 Å². The molecule has 134 valence electrons. The summed E-state index contributed by atoms with van der Waals surface area (Å²) in [6.45, 7) is 4.80. The minimum Gasteiger partial charge on any atom is -0.493 e. The van der Waals surface area contributed by atoms with Crippen molar-refractivity contribution in [3.63, 3.8) is 0 Å². The summed E-state index contributed by atoms with van der Waals surface area (Å²) in [4.78, 5) is 16.5. The lowest BCUT2D eigenvalue weighted by Gasteiger charge is -2.10. The molecular weight excluding hydrogens is 348 g/mol. The Morgan fingerprint density at radius 2 is 2.15 bits per heavy atom. The average molecular weight is 368 g/mol. The van der Waals surface area contributed by atoms with Crippen molar-refractivity contribution in [1.29, 1.82) is 0 Å². The van der Waals surface area contributed by atoms with Crippen molar-refractivity contribution in [3.05, 3.63) is 53.6 Å². The quantitative estimate of drug-likeness (QED) is 0.513. The molecule has 0 atom stereocenters. The summed E-state index contributed by atoms with van der Waals surface area (Å²) >= 11 is 1.35. The van der Waals surface area contributed by atoms with E-state index in [2.05, 4.69) is 29.4 Å². The highest BCUT2D eigenvalue weighted by atomic mass is 32.1. The van der Waals surface area contributed by atoms with Gasteiger partial charge in [0.25, 0.3) is 5.91 Å². The lowest BCUT2D eigenvalue weighted by atomic mass is 10.2. The second-order valence-corrected chi connectivity index (χ2v) is 7.24. The van der Waals surface area contributed by atoms with Crippen molar-refractivity contribution < 1.29 is 9.53 Å². The molecule has 3 rings (SSSR count). The molecule has 0 spiro atoms. The molecule has 3 N–H and O–H groups in total. The molecule has 7 heteroatoms. The zero-order valence-corrected chi connectivity index (χ0v) is 15.4. The fraction of sp³-hybridized carbons (Fsp3) is 0.211. The number of carbonyl (C=O) groups is 1. The molecule has 0 unspecified atom stereocenters. The molecule has 6 nitrogen and oxygen atoms in total. The van der Waals surface area contributed by atoms with Gasteiger partial charge in [0.2, 0.25) is 0 Å². The predicted molar refractivity (Wildman–Crippen MR) is 106 cm³/mol. The van der Waals surface area contributed by atoms with Crippen molar-refractivity contribution in [2.75, 3.05) is 12.3 Å². The maximum atomic E-state index is 12.3. The second-order valence-electron chi connectivity index (χ2n) is 6.18. The molecule has 0 aliphatic heterocycles. The minimum atomic E-state index is -0.296. The number of thiazole rings is 1. The van der Waals surface area contributed by atoms with E-state index in [0.29, 0.717) is 23.2 Å². The van der Waals surface area contributed by atoms with Crippen molar-refractivity contribution in [2.24, 2.45) is 11.0 Å². The van der Waals surface area contributed by atoms with Gasteiger partial charge in [-0.25, -0.2) is 10.4 Å². The molecular formula is C19H20N4O2S. The number of benzene rings is 2. The molecule has 2 aromatic carbocycles. The van der Waals surface area contributed by atoms with E-state index >= 15 is 0 Å². The summed E-state index contributed by atoms with van der Waals surface area (Å²) in [6.07, 6.45) is 1.58. The number of carbonyl (C=O) groups excluding carboxylic acids is 1.